The van der Waals surface area contributed by atoms with Gasteiger partial charge in [-0.3, -0.25) is 19.3 Å². The van der Waals surface area contributed by atoms with Crippen LogP contribution in [0.2, 0.25) is 5.02 Å². The zero-order chi connectivity index (χ0) is 22.7. The third kappa shape index (κ3) is 5.87. The van der Waals surface area contributed by atoms with Crippen molar-refractivity contribution in [2.45, 2.75) is 20.0 Å². The fraction of sp³-hybridized carbons (Fsp3) is 0.190. The van der Waals surface area contributed by atoms with Gasteiger partial charge in [0.25, 0.3) is 11.1 Å². The number of halogens is 3. The van der Waals surface area contributed by atoms with Crippen molar-refractivity contribution in [3.05, 3.63) is 62.2 Å². The van der Waals surface area contributed by atoms with E-state index in [4.69, 9.17) is 16.3 Å². The maximum atomic E-state index is 13.2. The van der Waals surface area contributed by atoms with E-state index in [-0.39, 0.29) is 21.7 Å². The molecule has 0 saturated carbocycles. The Kier molecular flexibility index (Phi) is 7.40. The number of anilines is 1. The summed E-state index contributed by atoms with van der Waals surface area (Å²) in [5, 5.41) is 1.78. The minimum Gasteiger partial charge on any atom is -0.490 e. The fourth-order valence-electron chi connectivity index (χ4n) is 2.66. The molecule has 6 nitrogen and oxygen atoms in total. The molecule has 3 amide bonds. The second-order valence-corrected chi connectivity index (χ2v) is 9.06. The van der Waals surface area contributed by atoms with Crippen molar-refractivity contribution in [1.82, 2.24) is 4.90 Å². The molecule has 10 heteroatoms. The molecule has 1 heterocycles. The number of carbonyl (C=O) groups is 3. The topological polar surface area (TPSA) is 75.7 Å². The van der Waals surface area contributed by atoms with Crippen LogP contribution in [0.1, 0.15) is 19.4 Å². The molecule has 0 aliphatic carbocycles. The Morgan fingerprint density at radius 3 is 2.68 bits per heavy atom. The van der Waals surface area contributed by atoms with Gasteiger partial charge in [0.1, 0.15) is 18.1 Å². The van der Waals surface area contributed by atoms with Gasteiger partial charge in [-0.15, -0.1) is 0 Å². The van der Waals surface area contributed by atoms with Gasteiger partial charge >= 0.3 is 0 Å². The van der Waals surface area contributed by atoms with Crippen LogP contribution in [-0.4, -0.2) is 34.6 Å². The Labute approximate surface area is 195 Å². The summed E-state index contributed by atoms with van der Waals surface area (Å²) in [5.41, 5.74) is 0.950. The molecular weight excluding hydrogens is 511 g/mol. The lowest BCUT2D eigenvalue weighted by molar-refractivity contribution is -0.127. The quantitative estimate of drug-likeness (QED) is 0.488. The minimum absolute atomic E-state index is 0.00994. The smallest absolute Gasteiger partial charge is 0.294 e. The van der Waals surface area contributed by atoms with Gasteiger partial charge in [-0.05, 0) is 83.5 Å². The third-order valence-electron chi connectivity index (χ3n) is 4.00. The molecule has 0 spiro atoms. The molecule has 1 fully saturated rings. The van der Waals surface area contributed by atoms with E-state index >= 15 is 0 Å². The van der Waals surface area contributed by atoms with Gasteiger partial charge in [0, 0.05) is 5.69 Å². The maximum absolute atomic E-state index is 13.2. The summed E-state index contributed by atoms with van der Waals surface area (Å²) in [6.45, 7) is 3.36. The summed E-state index contributed by atoms with van der Waals surface area (Å²) in [4.78, 5) is 38.2. The minimum atomic E-state index is -0.619. The molecule has 0 unspecified atom stereocenters. The van der Waals surface area contributed by atoms with Gasteiger partial charge in [0.2, 0.25) is 5.91 Å². The van der Waals surface area contributed by atoms with E-state index in [2.05, 4.69) is 21.2 Å². The predicted octanol–water partition coefficient (Wildman–Crippen LogP) is 5.70. The Morgan fingerprint density at radius 2 is 2.03 bits per heavy atom. The van der Waals surface area contributed by atoms with E-state index in [0.29, 0.717) is 15.8 Å². The number of imide groups is 1. The molecule has 162 valence electrons. The number of carbonyl (C=O) groups excluding carboxylic acids is 3. The van der Waals surface area contributed by atoms with E-state index in [1.54, 1.807) is 24.3 Å². The van der Waals surface area contributed by atoms with Gasteiger partial charge in [-0.25, -0.2) is 4.39 Å². The number of thioether (sulfide) groups is 1. The highest BCUT2D eigenvalue weighted by Crippen LogP contribution is 2.34. The summed E-state index contributed by atoms with van der Waals surface area (Å²) in [6.07, 6.45) is 1.59. The van der Waals surface area contributed by atoms with Crippen molar-refractivity contribution in [2.75, 3.05) is 11.9 Å². The van der Waals surface area contributed by atoms with Crippen LogP contribution in [0.5, 0.6) is 5.75 Å². The van der Waals surface area contributed by atoms with E-state index in [9.17, 15) is 18.8 Å². The highest BCUT2D eigenvalue weighted by Gasteiger charge is 2.36. The second-order valence-electron chi connectivity index (χ2n) is 6.80. The standard InChI is InChI=1S/C21H17BrClFN2O4S/c1-11(2)30-17-6-3-12(7-14(17)22)8-18-20(28)26(21(29)31-18)10-19(27)25-13-4-5-16(24)15(23)9-13/h3-9,11H,10H2,1-2H3,(H,25,27)/b18-8-. The summed E-state index contributed by atoms with van der Waals surface area (Å²) >= 11 is 9.87. The highest BCUT2D eigenvalue weighted by molar-refractivity contribution is 9.10. The number of benzene rings is 2. The first-order valence-corrected chi connectivity index (χ1v) is 11.1. The lowest BCUT2D eigenvalue weighted by Crippen LogP contribution is -2.36. The number of nitrogens with zero attached hydrogens (tertiary/aromatic N) is 1. The first-order chi connectivity index (χ1) is 14.6. The number of nitrogens with one attached hydrogen (secondary N) is 1. The van der Waals surface area contributed by atoms with Crippen molar-refractivity contribution >= 4 is 68.1 Å². The lowest BCUT2D eigenvalue weighted by atomic mass is 10.2. The van der Waals surface area contributed by atoms with Crippen molar-refractivity contribution in [1.29, 1.82) is 0 Å². The summed E-state index contributed by atoms with van der Waals surface area (Å²) in [6, 6.07) is 8.99. The van der Waals surface area contributed by atoms with Gasteiger partial charge in [0.15, 0.2) is 0 Å². The Bertz CT molecular complexity index is 1090. The number of hydrogen-bond acceptors (Lipinski definition) is 5. The summed E-state index contributed by atoms with van der Waals surface area (Å²) in [5.74, 6) is -1.13. The maximum Gasteiger partial charge on any atom is 0.294 e. The normalized spacial score (nSPS) is 15.2. The Hall–Kier alpha value is -2.36. The zero-order valence-corrected chi connectivity index (χ0v) is 19.6. The molecule has 0 radical (unpaired) electrons. The molecule has 0 bridgehead atoms. The zero-order valence-electron chi connectivity index (χ0n) is 16.4. The number of ether oxygens (including phenoxy) is 1. The molecule has 0 aromatic heterocycles. The Morgan fingerprint density at radius 1 is 1.29 bits per heavy atom. The molecular formula is C21H17BrClFN2O4S. The van der Waals surface area contributed by atoms with Gasteiger partial charge in [0.05, 0.1) is 20.5 Å². The summed E-state index contributed by atoms with van der Waals surface area (Å²) in [7, 11) is 0. The molecule has 1 saturated heterocycles. The average Bonchev–Trinajstić information content (AvgIpc) is 2.94. The van der Waals surface area contributed by atoms with Crippen molar-refractivity contribution in [3.8, 4) is 5.75 Å². The second kappa shape index (κ2) is 9.84. The molecule has 1 aliphatic rings. The van der Waals surface area contributed by atoms with Crippen molar-refractivity contribution in [2.24, 2.45) is 0 Å². The van der Waals surface area contributed by atoms with E-state index in [1.165, 1.54) is 12.1 Å². The van der Waals surface area contributed by atoms with Crippen LogP contribution >= 0.6 is 39.3 Å². The summed E-state index contributed by atoms with van der Waals surface area (Å²) < 4.78 is 19.6. The average molecular weight is 528 g/mol. The lowest BCUT2D eigenvalue weighted by Gasteiger charge is -2.13. The predicted molar refractivity (Wildman–Crippen MR) is 123 cm³/mol. The van der Waals surface area contributed by atoms with Crippen LogP contribution in [0, 0.1) is 5.82 Å². The molecule has 2 aromatic rings. The van der Waals surface area contributed by atoms with Gasteiger partial charge in [-0.1, -0.05) is 17.7 Å². The van der Waals surface area contributed by atoms with E-state index in [1.807, 2.05) is 13.8 Å². The molecule has 0 atom stereocenters. The molecule has 3 rings (SSSR count). The van der Waals surface area contributed by atoms with Crippen LogP contribution in [0.3, 0.4) is 0 Å². The monoisotopic (exact) mass is 526 g/mol. The van der Waals surface area contributed by atoms with Crippen LogP contribution in [0.15, 0.2) is 45.8 Å². The number of rotatable bonds is 6. The molecule has 2 aromatic carbocycles. The van der Waals surface area contributed by atoms with Crippen LogP contribution in [-0.2, 0) is 9.59 Å². The third-order valence-corrected chi connectivity index (χ3v) is 5.81. The molecule has 31 heavy (non-hydrogen) atoms. The van der Waals surface area contributed by atoms with Crippen LogP contribution < -0.4 is 10.1 Å². The van der Waals surface area contributed by atoms with Crippen molar-refractivity contribution < 1.29 is 23.5 Å². The van der Waals surface area contributed by atoms with Crippen LogP contribution in [0.4, 0.5) is 14.9 Å². The van der Waals surface area contributed by atoms with E-state index < -0.39 is 29.4 Å². The molecule has 1 aliphatic heterocycles. The first kappa shape index (κ1) is 23.3. The van der Waals surface area contributed by atoms with Crippen LogP contribution in [0.25, 0.3) is 6.08 Å². The van der Waals surface area contributed by atoms with Gasteiger partial charge in [-0.2, -0.15) is 0 Å². The SMILES string of the molecule is CC(C)Oc1ccc(/C=C2\SC(=O)N(CC(=O)Nc3ccc(F)c(Cl)c3)C2=O)cc1Br. The van der Waals surface area contributed by atoms with E-state index in [0.717, 1.165) is 22.7 Å². The fourth-order valence-corrected chi connectivity index (χ4v) is 4.17. The number of amides is 3. The molecule has 1 N–H and O–H groups in total. The largest absolute Gasteiger partial charge is 0.490 e. The van der Waals surface area contributed by atoms with Crippen molar-refractivity contribution in [3.63, 3.8) is 0 Å². The Balaban J connectivity index is 1.69. The number of hydrogen-bond donors (Lipinski definition) is 1. The van der Waals surface area contributed by atoms with Gasteiger partial charge < -0.3 is 10.1 Å². The highest BCUT2D eigenvalue weighted by atomic mass is 79.9. The first-order valence-electron chi connectivity index (χ1n) is 9.10.